The Kier molecular flexibility index (Phi) is 4.60. The number of carbonyl (C=O) groups excluding carboxylic acids is 1. The van der Waals surface area contributed by atoms with Gasteiger partial charge in [-0.1, -0.05) is 13.3 Å². The molecule has 0 aliphatic heterocycles. The predicted molar refractivity (Wildman–Crippen MR) is 62.8 cm³/mol. The van der Waals surface area contributed by atoms with Crippen molar-refractivity contribution in [3.63, 3.8) is 0 Å². The molecule has 0 spiro atoms. The van der Waals surface area contributed by atoms with Crippen LogP contribution in [-0.2, 0) is 0 Å². The fourth-order valence-electron chi connectivity index (χ4n) is 2.27. The summed E-state index contributed by atoms with van der Waals surface area (Å²) in [6.07, 6.45) is 4.80. The van der Waals surface area contributed by atoms with E-state index in [0.29, 0.717) is 6.54 Å². The molecule has 0 saturated heterocycles. The molecule has 0 heterocycles. The molecule has 4 heteroatoms. The van der Waals surface area contributed by atoms with Crippen molar-refractivity contribution in [2.75, 3.05) is 6.54 Å². The first kappa shape index (κ1) is 12.8. The summed E-state index contributed by atoms with van der Waals surface area (Å²) < 4.78 is 0. The van der Waals surface area contributed by atoms with Gasteiger partial charge in [0.2, 0.25) is 0 Å². The molecule has 0 aromatic carbocycles. The fourth-order valence-corrected chi connectivity index (χ4v) is 2.27. The summed E-state index contributed by atoms with van der Waals surface area (Å²) in [7, 11) is 0. The number of nitrogens with one attached hydrogen (secondary N) is 2. The lowest BCUT2D eigenvalue weighted by Gasteiger charge is -2.35. The Hall–Kier alpha value is -1.24. The monoisotopic (exact) mass is 223 g/mol. The zero-order valence-corrected chi connectivity index (χ0v) is 10.2. The summed E-state index contributed by atoms with van der Waals surface area (Å²) in [5, 5.41) is 14.7. The molecule has 1 rings (SSSR count). The minimum atomic E-state index is -0.634. The second kappa shape index (κ2) is 5.74. The maximum Gasteiger partial charge on any atom is 0.316 e. The molecule has 1 fully saturated rings. The first-order valence-corrected chi connectivity index (χ1v) is 6.13. The Morgan fingerprint density at radius 2 is 2.06 bits per heavy atom. The molecule has 0 aromatic rings. The normalized spacial score (nSPS) is 29.2. The van der Waals surface area contributed by atoms with Crippen LogP contribution in [0.15, 0.2) is 0 Å². The first-order valence-electron chi connectivity index (χ1n) is 6.13. The average Bonchev–Trinajstić information content (AvgIpc) is 2.30. The molecular formula is C12H21N3O. The van der Waals surface area contributed by atoms with Gasteiger partial charge in [0.15, 0.2) is 0 Å². The van der Waals surface area contributed by atoms with Crippen molar-refractivity contribution in [1.82, 2.24) is 10.6 Å². The third kappa shape index (κ3) is 3.13. The number of hydrogen-bond donors (Lipinski definition) is 2. The van der Waals surface area contributed by atoms with Crippen LogP contribution in [0.3, 0.4) is 0 Å². The van der Waals surface area contributed by atoms with Gasteiger partial charge in [-0.05, 0) is 38.5 Å². The maximum atomic E-state index is 11.5. The van der Waals surface area contributed by atoms with E-state index in [1.165, 1.54) is 6.42 Å². The van der Waals surface area contributed by atoms with Crippen LogP contribution < -0.4 is 10.6 Å². The molecule has 2 N–H and O–H groups in total. The second-order valence-corrected chi connectivity index (χ2v) is 4.53. The predicted octanol–water partition coefficient (Wildman–Crippen LogP) is 2.17. The Bertz CT molecular complexity index is 274. The van der Waals surface area contributed by atoms with E-state index in [1.807, 2.05) is 6.92 Å². The van der Waals surface area contributed by atoms with Crippen LogP contribution in [0.4, 0.5) is 4.79 Å². The van der Waals surface area contributed by atoms with Crippen molar-refractivity contribution < 1.29 is 4.79 Å². The van der Waals surface area contributed by atoms with Gasteiger partial charge in [0.25, 0.3) is 0 Å². The van der Waals surface area contributed by atoms with Gasteiger partial charge in [0.1, 0.15) is 5.54 Å². The molecule has 0 radical (unpaired) electrons. The minimum absolute atomic E-state index is 0.223. The van der Waals surface area contributed by atoms with Crippen molar-refractivity contribution in [2.45, 2.75) is 51.5 Å². The van der Waals surface area contributed by atoms with E-state index < -0.39 is 5.54 Å². The molecule has 2 amide bonds. The van der Waals surface area contributed by atoms with Crippen LogP contribution in [0, 0.1) is 17.2 Å². The largest absolute Gasteiger partial charge is 0.338 e. The summed E-state index contributed by atoms with van der Waals surface area (Å²) in [4.78, 5) is 11.5. The summed E-state index contributed by atoms with van der Waals surface area (Å²) >= 11 is 0. The van der Waals surface area contributed by atoms with Crippen LogP contribution in [0.25, 0.3) is 0 Å². The van der Waals surface area contributed by atoms with Gasteiger partial charge in [-0.2, -0.15) is 5.26 Å². The van der Waals surface area contributed by atoms with Crippen molar-refractivity contribution in [3.8, 4) is 6.07 Å². The zero-order chi connectivity index (χ0) is 12.0. The third-order valence-corrected chi connectivity index (χ3v) is 3.44. The maximum absolute atomic E-state index is 11.5. The highest BCUT2D eigenvalue weighted by molar-refractivity contribution is 5.75. The smallest absolute Gasteiger partial charge is 0.316 e. The Morgan fingerprint density at radius 3 is 2.50 bits per heavy atom. The van der Waals surface area contributed by atoms with E-state index in [-0.39, 0.29) is 6.03 Å². The lowest BCUT2D eigenvalue weighted by Crippen LogP contribution is -2.53. The summed E-state index contributed by atoms with van der Waals surface area (Å²) in [6, 6.07) is 2.06. The molecular weight excluding hydrogens is 202 g/mol. The van der Waals surface area contributed by atoms with Gasteiger partial charge < -0.3 is 10.6 Å². The third-order valence-electron chi connectivity index (χ3n) is 3.44. The van der Waals surface area contributed by atoms with E-state index in [0.717, 1.165) is 31.6 Å². The summed E-state index contributed by atoms with van der Waals surface area (Å²) in [5.74, 6) is 0.720. The highest BCUT2D eigenvalue weighted by Crippen LogP contribution is 2.33. The molecule has 4 nitrogen and oxygen atoms in total. The first-order chi connectivity index (χ1) is 7.65. The standard InChI is InChI=1S/C12H21N3O/c1-3-10-5-7-12(9-13,8-6-10)15-11(16)14-4-2/h10H,3-8H2,1-2H3,(H2,14,15,16). The van der Waals surface area contributed by atoms with E-state index in [4.69, 9.17) is 0 Å². The highest BCUT2D eigenvalue weighted by atomic mass is 16.2. The molecule has 1 aliphatic carbocycles. The van der Waals surface area contributed by atoms with Gasteiger partial charge >= 0.3 is 6.03 Å². The van der Waals surface area contributed by atoms with Gasteiger partial charge in [-0.3, -0.25) is 0 Å². The topological polar surface area (TPSA) is 64.9 Å². The molecule has 0 bridgehead atoms. The van der Waals surface area contributed by atoms with Crippen molar-refractivity contribution in [3.05, 3.63) is 0 Å². The Morgan fingerprint density at radius 1 is 1.44 bits per heavy atom. The summed E-state index contributed by atoms with van der Waals surface area (Å²) in [5.41, 5.74) is -0.634. The molecule has 0 atom stereocenters. The van der Waals surface area contributed by atoms with Crippen LogP contribution >= 0.6 is 0 Å². The van der Waals surface area contributed by atoms with Crippen LogP contribution in [0.1, 0.15) is 46.0 Å². The number of rotatable bonds is 3. The average molecular weight is 223 g/mol. The van der Waals surface area contributed by atoms with Crippen LogP contribution in [0.2, 0.25) is 0 Å². The fraction of sp³-hybridized carbons (Fsp3) is 0.833. The minimum Gasteiger partial charge on any atom is -0.338 e. The molecule has 0 aromatic heterocycles. The molecule has 1 saturated carbocycles. The quantitative estimate of drug-likeness (QED) is 0.770. The van der Waals surface area contributed by atoms with E-state index in [1.54, 1.807) is 0 Å². The van der Waals surface area contributed by atoms with E-state index >= 15 is 0 Å². The highest BCUT2D eigenvalue weighted by Gasteiger charge is 2.36. The van der Waals surface area contributed by atoms with Gasteiger partial charge in [-0.15, -0.1) is 0 Å². The zero-order valence-electron chi connectivity index (χ0n) is 10.2. The number of nitrogens with zero attached hydrogens (tertiary/aromatic N) is 1. The van der Waals surface area contributed by atoms with Crippen molar-refractivity contribution in [2.24, 2.45) is 5.92 Å². The lowest BCUT2D eigenvalue weighted by atomic mass is 9.76. The number of hydrogen-bond acceptors (Lipinski definition) is 2. The van der Waals surface area contributed by atoms with Gasteiger partial charge in [0.05, 0.1) is 6.07 Å². The number of urea groups is 1. The van der Waals surface area contributed by atoms with Gasteiger partial charge in [-0.25, -0.2) is 4.79 Å². The van der Waals surface area contributed by atoms with E-state index in [2.05, 4.69) is 23.6 Å². The lowest BCUT2D eigenvalue weighted by molar-refractivity contribution is 0.208. The van der Waals surface area contributed by atoms with E-state index in [9.17, 15) is 10.1 Å². The van der Waals surface area contributed by atoms with Crippen LogP contribution in [-0.4, -0.2) is 18.1 Å². The number of carbonyl (C=O) groups is 1. The number of nitriles is 1. The number of amides is 2. The van der Waals surface area contributed by atoms with Crippen molar-refractivity contribution >= 4 is 6.03 Å². The molecule has 90 valence electrons. The van der Waals surface area contributed by atoms with Gasteiger partial charge in [0, 0.05) is 6.54 Å². The Labute approximate surface area is 97.4 Å². The Balaban J connectivity index is 2.53. The molecule has 0 unspecified atom stereocenters. The van der Waals surface area contributed by atoms with Crippen molar-refractivity contribution in [1.29, 1.82) is 5.26 Å². The summed E-state index contributed by atoms with van der Waals surface area (Å²) in [6.45, 7) is 4.64. The molecule has 1 aliphatic rings. The SMILES string of the molecule is CCNC(=O)NC1(C#N)CCC(CC)CC1. The second-order valence-electron chi connectivity index (χ2n) is 4.53. The van der Waals surface area contributed by atoms with Crippen LogP contribution in [0.5, 0.6) is 0 Å². The molecule has 16 heavy (non-hydrogen) atoms.